The molecule has 2 aromatic carbocycles. The van der Waals surface area contributed by atoms with E-state index in [1.54, 1.807) is 4.90 Å². The molecule has 1 amide bonds. The molecule has 0 aliphatic rings. The van der Waals surface area contributed by atoms with E-state index >= 15 is 0 Å². The van der Waals surface area contributed by atoms with Crippen molar-refractivity contribution in [3.63, 3.8) is 0 Å². The predicted molar refractivity (Wildman–Crippen MR) is 77.9 cm³/mol. The zero-order chi connectivity index (χ0) is 13.8. The molecule has 19 heavy (non-hydrogen) atoms. The van der Waals surface area contributed by atoms with Crippen LogP contribution in [-0.4, -0.2) is 12.5 Å². The lowest BCUT2D eigenvalue weighted by Crippen LogP contribution is -2.30. The average Bonchev–Trinajstić information content (AvgIpc) is 2.44. The van der Waals surface area contributed by atoms with Gasteiger partial charge in [-0.1, -0.05) is 18.2 Å². The van der Waals surface area contributed by atoms with Crippen LogP contribution < -0.4 is 4.90 Å². The minimum atomic E-state index is -0.376. The molecule has 0 saturated heterocycles. The van der Waals surface area contributed by atoms with Crippen molar-refractivity contribution in [2.75, 3.05) is 11.4 Å². The first-order chi connectivity index (χ1) is 9.13. The van der Waals surface area contributed by atoms with Gasteiger partial charge < -0.3 is 4.90 Å². The molecule has 0 radical (unpaired) electrons. The third kappa shape index (κ3) is 3.01. The molecule has 0 bridgehead atoms. The van der Waals surface area contributed by atoms with E-state index in [0.29, 0.717) is 16.6 Å². The molecule has 2 nitrogen and oxygen atoms in total. The zero-order valence-corrected chi connectivity index (χ0v) is 12.0. The van der Waals surface area contributed by atoms with Gasteiger partial charge in [-0.15, -0.1) is 0 Å². The van der Waals surface area contributed by atoms with Gasteiger partial charge in [0.05, 0.1) is 4.47 Å². The van der Waals surface area contributed by atoms with Crippen LogP contribution in [0.25, 0.3) is 0 Å². The second-order valence-electron chi connectivity index (χ2n) is 4.01. The van der Waals surface area contributed by atoms with E-state index in [1.807, 2.05) is 37.3 Å². The Hall–Kier alpha value is -1.68. The number of amides is 1. The Morgan fingerprint density at radius 2 is 1.89 bits per heavy atom. The van der Waals surface area contributed by atoms with Crippen molar-refractivity contribution in [1.82, 2.24) is 0 Å². The normalized spacial score (nSPS) is 10.3. The summed E-state index contributed by atoms with van der Waals surface area (Å²) in [4.78, 5) is 14.1. The number of carbonyl (C=O) groups excluding carboxylic acids is 1. The minimum Gasteiger partial charge on any atom is -0.309 e. The maximum atomic E-state index is 13.2. The molecular formula is C15H13BrFNO. The van der Waals surface area contributed by atoms with Gasteiger partial charge in [0.25, 0.3) is 5.91 Å². The third-order valence-electron chi connectivity index (χ3n) is 2.80. The largest absolute Gasteiger partial charge is 0.309 e. The van der Waals surface area contributed by atoms with Crippen LogP contribution in [0.1, 0.15) is 17.3 Å². The quantitative estimate of drug-likeness (QED) is 0.827. The Bertz CT molecular complexity index is 586. The van der Waals surface area contributed by atoms with Crippen molar-refractivity contribution in [2.24, 2.45) is 0 Å². The van der Waals surface area contributed by atoms with Gasteiger partial charge in [0.2, 0.25) is 0 Å². The highest BCUT2D eigenvalue weighted by Gasteiger charge is 2.16. The molecule has 0 heterocycles. The lowest BCUT2D eigenvalue weighted by Gasteiger charge is -2.21. The molecule has 4 heteroatoms. The second-order valence-corrected chi connectivity index (χ2v) is 4.87. The highest BCUT2D eigenvalue weighted by Crippen LogP contribution is 2.21. The summed E-state index contributed by atoms with van der Waals surface area (Å²) >= 11 is 3.10. The van der Waals surface area contributed by atoms with E-state index in [4.69, 9.17) is 0 Å². The summed E-state index contributed by atoms with van der Waals surface area (Å²) in [6, 6.07) is 13.7. The maximum Gasteiger partial charge on any atom is 0.258 e. The molecule has 0 atom stereocenters. The summed E-state index contributed by atoms with van der Waals surface area (Å²) in [5.74, 6) is -0.520. The Morgan fingerprint density at radius 3 is 2.47 bits per heavy atom. The molecular weight excluding hydrogens is 309 g/mol. The number of hydrogen-bond donors (Lipinski definition) is 0. The van der Waals surface area contributed by atoms with Gasteiger partial charge in [-0.2, -0.15) is 0 Å². The Kier molecular flexibility index (Phi) is 4.32. The first-order valence-electron chi connectivity index (χ1n) is 5.95. The molecule has 2 rings (SSSR count). The number of rotatable bonds is 3. The van der Waals surface area contributed by atoms with Crippen LogP contribution in [0, 0.1) is 5.82 Å². The van der Waals surface area contributed by atoms with Gasteiger partial charge in [-0.05, 0) is 53.2 Å². The van der Waals surface area contributed by atoms with Crippen molar-refractivity contribution >= 4 is 27.5 Å². The predicted octanol–water partition coefficient (Wildman–Crippen LogP) is 4.25. The highest BCUT2D eigenvalue weighted by molar-refractivity contribution is 9.10. The molecule has 0 spiro atoms. The molecule has 0 fully saturated rings. The van der Waals surface area contributed by atoms with Crippen molar-refractivity contribution in [1.29, 1.82) is 0 Å². The topological polar surface area (TPSA) is 20.3 Å². The number of nitrogens with zero attached hydrogens (tertiary/aromatic N) is 1. The Labute approximate surface area is 120 Å². The van der Waals surface area contributed by atoms with Gasteiger partial charge in [0.15, 0.2) is 0 Å². The van der Waals surface area contributed by atoms with E-state index in [9.17, 15) is 9.18 Å². The number of para-hydroxylation sites is 1. The average molecular weight is 322 g/mol. The van der Waals surface area contributed by atoms with Crippen LogP contribution in [0.2, 0.25) is 0 Å². The van der Waals surface area contributed by atoms with Crippen molar-refractivity contribution in [3.8, 4) is 0 Å². The Morgan fingerprint density at radius 1 is 1.21 bits per heavy atom. The van der Waals surface area contributed by atoms with Gasteiger partial charge in [0, 0.05) is 17.8 Å². The molecule has 0 aliphatic carbocycles. The van der Waals surface area contributed by atoms with Crippen LogP contribution >= 0.6 is 15.9 Å². The van der Waals surface area contributed by atoms with Crippen molar-refractivity contribution in [3.05, 3.63) is 64.4 Å². The van der Waals surface area contributed by atoms with Gasteiger partial charge >= 0.3 is 0 Å². The monoisotopic (exact) mass is 321 g/mol. The number of benzene rings is 2. The fourth-order valence-corrected chi connectivity index (χ4v) is 2.22. The fourth-order valence-electron chi connectivity index (χ4n) is 1.84. The number of hydrogen-bond acceptors (Lipinski definition) is 1. The maximum absolute atomic E-state index is 13.2. The first-order valence-corrected chi connectivity index (χ1v) is 6.74. The van der Waals surface area contributed by atoms with Crippen LogP contribution in [0.5, 0.6) is 0 Å². The van der Waals surface area contributed by atoms with E-state index in [2.05, 4.69) is 15.9 Å². The molecule has 2 aromatic rings. The lowest BCUT2D eigenvalue weighted by molar-refractivity contribution is 0.0988. The zero-order valence-electron chi connectivity index (χ0n) is 10.4. The molecule has 0 aliphatic heterocycles. The Balaban J connectivity index is 2.33. The third-order valence-corrected chi connectivity index (χ3v) is 3.40. The first kappa shape index (κ1) is 13.7. The summed E-state index contributed by atoms with van der Waals surface area (Å²) in [6.07, 6.45) is 0. The summed E-state index contributed by atoms with van der Waals surface area (Å²) in [5, 5.41) is 0. The standard InChI is InChI=1S/C15H13BrFNO/c1-2-18(12-6-4-3-5-7-12)15(19)11-8-9-14(17)13(16)10-11/h3-10H,2H2,1H3. The van der Waals surface area contributed by atoms with Crippen LogP contribution in [0.15, 0.2) is 53.0 Å². The summed E-state index contributed by atoms with van der Waals surface area (Å²) in [5.41, 5.74) is 1.29. The lowest BCUT2D eigenvalue weighted by atomic mass is 10.1. The van der Waals surface area contributed by atoms with Gasteiger partial charge in [0.1, 0.15) is 5.82 Å². The fraction of sp³-hybridized carbons (Fsp3) is 0.133. The smallest absolute Gasteiger partial charge is 0.258 e. The van der Waals surface area contributed by atoms with E-state index in [1.165, 1.54) is 18.2 Å². The number of halogens is 2. The molecule has 98 valence electrons. The molecule has 0 aromatic heterocycles. The van der Waals surface area contributed by atoms with E-state index < -0.39 is 0 Å². The summed E-state index contributed by atoms with van der Waals surface area (Å²) in [7, 11) is 0. The summed E-state index contributed by atoms with van der Waals surface area (Å²) in [6.45, 7) is 2.46. The SMILES string of the molecule is CCN(C(=O)c1ccc(F)c(Br)c1)c1ccccc1. The van der Waals surface area contributed by atoms with Gasteiger partial charge in [-0.25, -0.2) is 4.39 Å². The molecule has 0 saturated carbocycles. The van der Waals surface area contributed by atoms with Gasteiger partial charge in [-0.3, -0.25) is 4.79 Å². The molecule has 0 N–H and O–H groups in total. The minimum absolute atomic E-state index is 0.144. The number of carbonyl (C=O) groups is 1. The van der Waals surface area contributed by atoms with E-state index in [0.717, 1.165) is 5.69 Å². The van der Waals surface area contributed by atoms with Crippen LogP contribution in [0.3, 0.4) is 0 Å². The second kappa shape index (κ2) is 5.97. The van der Waals surface area contributed by atoms with Crippen molar-refractivity contribution in [2.45, 2.75) is 6.92 Å². The van der Waals surface area contributed by atoms with E-state index in [-0.39, 0.29) is 11.7 Å². The van der Waals surface area contributed by atoms with Crippen molar-refractivity contribution < 1.29 is 9.18 Å². The molecule has 0 unspecified atom stereocenters. The van der Waals surface area contributed by atoms with Crippen LogP contribution in [0.4, 0.5) is 10.1 Å². The summed E-state index contributed by atoms with van der Waals surface area (Å²) < 4.78 is 13.5. The number of anilines is 1. The van der Waals surface area contributed by atoms with Crippen LogP contribution in [-0.2, 0) is 0 Å². The highest BCUT2D eigenvalue weighted by atomic mass is 79.9.